The molecule has 1 unspecified atom stereocenters. The van der Waals surface area contributed by atoms with Crippen molar-refractivity contribution in [1.82, 2.24) is 0 Å². The fraction of sp³-hybridized carbons (Fsp3) is 0.167. The van der Waals surface area contributed by atoms with Crippen molar-refractivity contribution in [3.8, 4) is 11.5 Å². The van der Waals surface area contributed by atoms with Gasteiger partial charge < -0.3 is 14.6 Å². The maximum atomic E-state index is 11.8. The summed E-state index contributed by atoms with van der Waals surface area (Å²) in [5.41, 5.74) is 1.62. The summed E-state index contributed by atoms with van der Waals surface area (Å²) in [6.07, 6.45) is 2.60. The molecule has 0 radical (unpaired) electrons. The van der Waals surface area contributed by atoms with E-state index in [4.69, 9.17) is 9.47 Å². The SMILES string of the molecule is COc1ccc(C=CC(=O)OC(C)c2ccccc2)cc1O. The minimum Gasteiger partial charge on any atom is -0.504 e. The molecule has 0 amide bonds. The van der Waals surface area contributed by atoms with Crippen molar-refractivity contribution in [2.75, 3.05) is 7.11 Å². The maximum Gasteiger partial charge on any atom is 0.331 e. The Bertz CT molecular complexity index is 662. The summed E-state index contributed by atoms with van der Waals surface area (Å²) in [7, 11) is 1.48. The molecule has 0 aliphatic heterocycles. The first-order chi connectivity index (χ1) is 10.6. The van der Waals surface area contributed by atoms with E-state index < -0.39 is 5.97 Å². The first-order valence-corrected chi connectivity index (χ1v) is 6.91. The normalized spacial score (nSPS) is 12.1. The van der Waals surface area contributed by atoms with E-state index in [2.05, 4.69) is 0 Å². The highest BCUT2D eigenvalue weighted by Gasteiger charge is 2.08. The van der Waals surface area contributed by atoms with Crippen molar-refractivity contribution in [2.24, 2.45) is 0 Å². The number of rotatable bonds is 5. The molecule has 0 aromatic heterocycles. The second-order valence-electron chi connectivity index (χ2n) is 4.75. The predicted molar refractivity (Wildman–Crippen MR) is 84.6 cm³/mol. The number of esters is 1. The third kappa shape index (κ3) is 4.12. The number of phenols is 1. The van der Waals surface area contributed by atoms with Crippen molar-refractivity contribution in [2.45, 2.75) is 13.0 Å². The van der Waals surface area contributed by atoms with Crippen LogP contribution >= 0.6 is 0 Å². The van der Waals surface area contributed by atoms with Crippen LogP contribution in [-0.2, 0) is 9.53 Å². The second kappa shape index (κ2) is 7.31. The van der Waals surface area contributed by atoms with E-state index in [9.17, 15) is 9.90 Å². The van der Waals surface area contributed by atoms with Crippen LogP contribution in [-0.4, -0.2) is 18.2 Å². The number of methoxy groups -OCH3 is 1. The smallest absolute Gasteiger partial charge is 0.331 e. The van der Waals surface area contributed by atoms with Crippen LogP contribution in [0.1, 0.15) is 24.2 Å². The van der Waals surface area contributed by atoms with Crippen molar-refractivity contribution >= 4 is 12.0 Å². The molecule has 4 nitrogen and oxygen atoms in total. The number of aromatic hydroxyl groups is 1. The largest absolute Gasteiger partial charge is 0.504 e. The van der Waals surface area contributed by atoms with Crippen molar-refractivity contribution < 1.29 is 19.4 Å². The minimum atomic E-state index is -0.438. The Morgan fingerprint density at radius 1 is 1.18 bits per heavy atom. The molecule has 2 aromatic carbocycles. The Hall–Kier alpha value is -2.75. The fourth-order valence-electron chi connectivity index (χ4n) is 1.98. The molecule has 0 aliphatic carbocycles. The molecule has 0 spiro atoms. The van der Waals surface area contributed by atoms with Crippen LogP contribution in [0, 0.1) is 0 Å². The fourth-order valence-corrected chi connectivity index (χ4v) is 1.98. The summed E-state index contributed by atoms with van der Waals surface area (Å²) in [5.74, 6) is -0.0280. The number of ether oxygens (including phenoxy) is 2. The average molecular weight is 298 g/mol. The lowest BCUT2D eigenvalue weighted by molar-refractivity contribution is -0.142. The lowest BCUT2D eigenvalue weighted by Crippen LogP contribution is -2.05. The summed E-state index contributed by atoms with van der Waals surface area (Å²) in [4.78, 5) is 11.8. The summed E-state index contributed by atoms with van der Waals surface area (Å²) in [6, 6.07) is 14.4. The van der Waals surface area contributed by atoms with Crippen molar-refractivity contribution in [3.05, 3.63) is 65.7 Å². The Labute approximate surface area is 129 Å². The van der Waals surface area contributed by atoms with Gasteiger partial charge in [0.2, 0.25) is 0 Å². The molecule has 22 heavy (non-hydrogen) atoms. The highest BCUT2D eigenvalue weighted by atomic mass is 16.5. The van der Waals surface area contributed by atoms with Gasteiger partial charge in [0, 0.05) is 6.08 Å². The molecule has 0 saturated carbocycles. The summed E-state index contributed by atoms with van der Waals surface area (Å²) >= 11 is 0. The van der Waals surface area contributed by atoms with Gasteiger partial charge in [-0.1, -0.05) is 36.4 Å². The van der Waals surface area contributed by atoms with E-state index in [0.717, 1.165) is 5.56 Å². The Morgan fingerprint density at radius 2 is 1.91 bits per heavy atom. The van der Waals surface area contributed by atoms with Crippen LogP contribution in [0.15, 0.2) is 54.6 Å². The van der Waals surface area contributed by atoms with Crippen LogP contribution in [0.25, 0.3) is 6.08 Å². The van der Waals surface area contributed by atoms with Gasteiger partial charge in [-0.3, -0.25) is 0 Å². The molecule has 0 bridgehead atoms. The third-order valence-corrected chi connectivity index (χ3v) is 3.18. The average Bonchev–Trinajstić information content (AvgIpc) is 2.54. The molecule has 2 rings (SSSR count). The zero-order chi connectivity index (χ0) is 15.9. The Kier molecular flexibility index (Phi) is 5.20. The number of hydrogen-bond donors (Lipinski definition) is 1. The van der Waals surface area contributed by atoms with Gasteiger partial charge in [-0.15, -0.1) is 0 Å². The lowest BCUT2D eigenvalue weighted by Gasteiger charge is -2.11. The van der Waals surface area contributed by atoms with Crippen molar-refractivity contribution in [3.63, 3.8) is 0 Å². The summed E-state index contributed by atoms with van der Waals surface area (Å²) in [6.45, 7) is 1.82. The van der Waals surface area contributed by atoms with E-state index in [1.54, 1.807) is 18.2 Å². The molecule has 114 valence electrons. The Morgan fingerprint density at radius 3 is 2.55 bits per heavy atom. The zero-order valence-electron chi connectivity index (χ0n) is 12.5. The van der Waals surface area contributed by atoms with Crippen LogP contribution in [0.2, 0.25) is 0 Å². The molecule has 1 N–H and O–H groups in total. The third-order valence-electron chi connectivity index (χ3n) is 3.18. The van der Waals surface area contributed by atoms with Gasteiger partial charge in [-0.25, -0.2) is 4.79 Å². The monoisotopic (exact) mass is 298 g/mol. The number of carbonyl (C=O) groups excluding carboxylic acids is 1. The van der Waals surface area contributed by atoms with E-state index in [0.29, 0.717) is 11.3 Å². The molecular weight excluding hydrogens is 280 g/mol. The van der Waals surface area contributed by atoms with Crippen LogP contribution < -0.4 is 4.74 Å². The van der Waals surface area contributed by atoms with E-state index in [1.807, 2.05) is 37.3 Å². The first-order valence-electron chi connectivity index (χ1n) is 6.91. The quantitative estimate of drug-likeness (QED) is 0.675. The van der Waals surface area contributed by atoms with Gasteiger partial charge in [-0.2, -0.15) is 0 Å². The maximum absolute atomic E-state index is 11.8. The van der Waals surface area contributed by atoms with Crippen molar-refractivity contribution in [1.29, 1.82) is 0 Å². The van der Waals surface area contributed by atoms with Crippen LogP contribution in [0.5, 0.6) is 11.5 Å². The lowest BCUT2D eigenvalue weighted by atomic mass is 10.1. The molecule has 1 atom stereocenters. The Balaban J connectivity index is 1.98. The molecule has 0 aliphatic rings. The van der Waals surface area contributed by atoms with Gasteiger partial charge >= 0.3 is 5.97 Å². The minimum absolute atomic E-state index is 0.0238. The standard InChI is InChI=1S/C18H18O4/c1-13(15-6-4-3-5-7-15)22-18(20)11-9-14-8-10-17(21-2)16(19)12-14/h3-13,19H,1-2H3. The van der Waals surface area contributed by atoms with Crippen LogP contribution in [0.3, 0.4) is 0 Å². The summed E-state index contributed by atoms with van der Waals surface area (Å²) in [5, 5.41) is 9.68. The van der Waals surface area contributed by atoms with Gasteiger partial charge in [0.05, 0.1) is 7.11 Å². The van der Waals surface area contributed by atoms with Gasteiger partial charge in [0.1, 0.15) is 6.10 Å². The zero-order valence-corrected chi connectivity index (χ0v) is 12.5. The number of phenolic OH excluding ortho intramolecular Hbond substituents is 1. The molecule has 0 heterocycles. The molecule has 4 heteroatoms. The number of hydrogen-bond acceptors (Lipinski definition) is 4. The number of carbonyl (C=O) groups is 1. The molecule has 2 aromatic rings. The second-order valence-corrected chi connectivity index (χ2v) is 4.75. The summed E-state index contributed by atoms with van der Waals surface area (Å²) < 4.78 is 10.3. The van der Waals surface area contributed by atoms with E-state index >= 15 is 0 Å². The van der Waals surface area contributed by atoms with E-state index in [-0.39, 0.29) is 11.9 Å². The molecular formula is C18H18O4. The first kappa shape index (κ1) is 15.6. The molecule has 0 saturated heterocycles. The van der Waals surface area contributed by atoms with Gasteiger partial charge in [0.15, 0.2) is 11.5 Å². The van der Waals surface area contributed by atoms with Gasteiger partial charge in [0.25, 0.3) is 0 Å². The highest BCUT2D eigenvalue weighted by molar-refractivity contribution is 5.87. The molecule has 0 fully saturated rings. The van der Waals surface area contributed by atoms with Crippen LogP contribution in [0.4, 0.5) is 0 Å². The van der Waals surface area contributed by atoms with Gasteiger partial charge in [-0.05, 0) is 36.3 Å². The predicted octanol–water partition coefficient (Wildman–Crippen LogP) is 3.72. The highest BCUT2D eigenvalue weighted by Crippen LogP contribution is 2.26. The van der Waals surface area contributed by atoms with E-state index in [1.165, 1.54) is 19.3 Å². The topological polar surface area (TPSA) is 55.8 Å². The number of benzene rings is 2.